The van der Waals surface area contributed by atoms with Gasteiger partial charge in [-0.3, -0.25) is 14.4 Å². The highest BCUT2D eigenvalue weighted by Crippen LogP contribution is 2.18. The largest absolute Gasteiger partial charge is 0.462 e. The number of rotatable bonds is 59. The van der Waals surface area contributed by atoms with E-state index in [-0.39, 0.29) is 31.1 Å². The number of ether oxygens (including phenoxy) is 3. The fourth-order valence-electron chi connectivity index (χ4n) is 9.51. The Morgan fingerprint density at radius 2 is 0.534 bits per heavy atom. The van der Waals surface area contributed by atoms with Gasteiger partial charge in [-0.1, -0.05) is 294 Å². The van der Waals surface area contributed by atoms with Crippen molar-refractivity contribution >= 4 is 17.9 Å². The summed E-state index contributed by atoms with van der Waals surface area (Å²) in [6, 6.07) is 0. The molecule has 6 nitrogen and oxygen atoms in total. The number of carbonyl (C=O) groups excluding carboxylic acids is 3. The minimum Gasteiger partial charge on any atom is -0.462 e. The Hall–Kier alpha value is -2.63. The Morgan fingerprint density at radius 1 is 0.288 bits per heavy atom. The Kier molecular flexibility index (Phi) is 59.7. The number of esters is 3. The zero-order chi connectivity index (χ0) is 52.9. The van der Waals surface area contributed by atoms with Gasteiger partial charge in [-0.25, -0.2) is 0 Å². The maximum absolute atomic E-state index is 12.8. The molecule has 0 saturated carbocycles. The second-order valence-electron chi connectivity index (χ2n) is 21.6. The molecule has 0 rings (SSSR count). The molecule has 0 amide bonds. The number of hydrogen-bond donors (Lipinski definition) is 0. The topological polar surface area (TPSA) is 78.9 Å². The van der Waals surface area contributed by atoms with E-state index in [0.717, 1.165) is 89.9 Å². The molecule has 1 unspecified atom stereocenters. The van der Waals surface area contributed by atoms with Crippen LogP contribution in [0.4, 0.5) is 0 Å². The van der Waals surface area contributed by atoms with Crippen LogP contribution in [-0.4, -0.2) is 37.2 Å². The van der Waals surface area contributed by atoms with Crippen LogP contribution in [0.2, 0.25) is 0 Å². The molecule has 0 bridgehead atoms. The second-order valence-corrected chi connectivity index (χ2v) is 21.6. The lowest BCUT2D eigenvalue weighted by molar-refractivity contribution is -0.167. The van der Waals surface area contributed by atoms with Crippen LogP contribution in [0, 0.1) is 0 Å². The zero-order valence-electron chi connectivity index (χ0n) is 48.9. The monoisotopic (exact) mass is 1020 g/mol. The van der Waals surface area contributed by atoms with Crippen molar-refractivity contribution in [3.05, 3.63) is 48.6 Å². The van der Waals surface area contributed by atoms with E-state index in [9.17, 15) is 14.4 Å². The molecular weight excluding hydrogens is 901 g/mol. The lowest BCUT2D eigenvalue weighted by Gasteiger charge is -2.18. The number of allylic oxidation sites excluding steroid dienone is 8. The average Bonchev–Trinajstić information content (AvgIpc) is 3.39. The van der Waals surface area contributed by atoms with Gasteiger partial charge in [0.15, 0.2) is 6.10 Å². The van der Waals surface area contributed by atoms with Crippen LogP contribution in [0.15, 0.2) is 48.6 Å². The lowest BCUT2D eigenvalue weighted by atomic mass is 10.0. The summed E-state index contributed by atoms with van der Waals surface area (Å²) in [6.45, 7) is 6.52. The lowest BCUT2D eigenvalue weighted by Crippen LogP contribution is -2.30. The highest BCUT2D eigenvalue weighted by Gasteiger charge is 2.19. The molecule has 1 atom stereocenters. The predicted molar refractivity (Wildman–Crippen MR) is 316 cm³/mol. The first kappa shape index (κ1) is 70.4. The van der Waals surface area contributed by atoms with E-state index >= 15 is 0 Å². The van der Waals surface area contributed by atoms with Crippen molar-refractivity contribution in [3.63, 3.8) is 0 Å². The maximum atomic E-state index is 12.8. The Bertz CT molecular complexity index is 1270. The highest BCUT2D eigenvalue weighted by atomic mass is 16.6. The van der Waals surface area contributed by atoms with Gasteiger partial charge in [-0.15, -0.1) is 0 Å². The SMILES string of the molecule is CC/C=C\C/C=C\C/C=C\CCCCCC(=O)OC(COC(=O)CCCCCCC/C=C\CCCCCC)COC(=O)CCCCCCCCCCCCCCCCCCCCCCCCCCCCCCC. The van der Waals surface area contributed by atoms with E-state index < -0.39 is 6.10 Å². The quantitative estimate of drug-likeness (QED) is 0.0261. The predicted octanol–water partition coefficient (Wildman–Crippen LogP) is 21.8. The molecule has 0 aromatic rings. The highest BCUT2D eigenvalue weighted by molar-refractivity contribution is 5.71. The second kappa shape index (κ2) is 61.9. The van der Waals surface area contributed by atoms with Gasteiger partial charge in [0.05, 0.1) is 0 Å². The molecule has 0 spiro atoms. The molecule has 0 N–H and O–H groups in total. The van der Waals surface area contributed by atoms with Crippen molar-refractivity contribution in [2.75, 3.05) is 13.2 Å². The van der Waals surface area contributed by atoms with Crippen molar-refractivity contribution in [2.24, 2.45) is 0 Å². The molecule has 6 heteroatoms. The molecule has 0 aliphatic heterocycles. The van der Waals surface area contributed by atoms with Gasteiger partial charge in [0.2, 0.25) is 0 Å². The third-order valence-corrected chi connectivity index (χ3v) is 14.3. The Morgan fingerprint density at radius 3 is 0.877 bits per heavy atom. The van der Waals surface area contributed by atoms with Gasteiger partial charge in [-0.2, -0.15) is 0 Å². The number of hydrogen-bond acceptors (Lipinski definition) is 6. The van der Waals surface area contributed by atoms with Crippen LogP contribution in [0.3, 0.4) is 0 Å². The summed E-state index contributed by atoms with van der Waals surface area (Å²) in [4.78, 5) is 38.2. The molecule has 426 valence electrons. The summed E-state index contributed by atoms with van der Waals surface area (Å²) in [5.41, 5.74) is 0. The van der Waals surface area contributed by atoms with Crippen LogP contribution >= 0.6 is 0 Å². The van der Waals surface area contributed by atoms with Crippen LogP contribution in [0.1, 0.15) is 342 Å². The van der Waals surface area contributed by atoms with Gasteiger partial charge in [0.1, 0.15) is 13.2 Å². The van der Waals surface area contributed by atoms with Gasteiger partial charge in [0.25, 0.3) is 0 Å². The third kappa shape index (κ3) is 60.1. The van der Waals surface area contributed by atoms with Crippen molar-refractivity contribution in [2.45, 2.75) is 348 Å². The fraction of sp³-hybridized carbons (Fsp3) is 0.836. The van der Waals surface area contributed by atoms with Crippen LogP contribution in [0.25, 0.3) is 0 Å². The molecule has 0 heterocycles. The molecule has 0 radical (unpaired) electrons. The standard InChI is InChI=1S/C67H122O6/c1-4-7-10-13-16-19-22-25-26-27-28-29-30-31-32-33-34-35-36-37-38-39-40-43-45-48-51-54-57-60-66(69)72-63-64(73-67(70)61-58-55-52-49-46-42-24-21-18-15-12-9-6-3)62-71-65(68)59-56-53-50-47-44-41-23-20-17-14-11-8-5-2/h9,12,18,20-21,23,42,46,64H,4-8,10-11,13-17,19,22,24-41,43-45,47-63H2,1-3H3/b12-9-,21-18-,23-20-,46-42-. The third-order valence-electron chi connectivity index (χ3n) is 14.3. The van der Waals surface area contributed by atoms with E-state index in [2.05, 4.69) is 69.4 Å². The van der Waals surface area contributed by atoms with Crippen LogP contribution in [-0.2, 0) is 28.6 Å². The van der Waals surface area contributed by atoms with Crippen molar-refractivity contribution in [3.8, 4) is 0 Å². The number of unbranched alkanes of at least 4 members (excludes halogenated alkanes) is 40. The van der Waals surface area contributed by atoms with Crippen LogP contribution < -0.4 is 0 Å². The first-order chi connectivity index (χ1) is 36.0. The van der Waals surface area contributed by atoms with E-state index in [1.807, 2.05) is 0 Å². The van der Waals surface area contributed by atoms with Crippen LogP contribution in [0.5, 0.6) is 0 Å². The van der Waals surface area contributed by atoms with Crippen molar-refractivity contribution in [1.82, 2.24) is 0 Å². The Balaban J connectivity index is 4.13. The fourth-order valence-corrected chi connectivity index (χ4v) is 9.51. The molecule has 0 aromatic carbocycles. The van der Waals surface area contributed by atoms with Crippen molar-refractivity contribution < 1.29 is 28.6 Å². The summed E-state index contributed by atoms with van der Waals surface area (Å²) in [6.07, 6.45) is 77.2. The normalized spacial score (nSPS) is 12.3. The first-order valence-electron chi connectivity index (χ1n) is 32.1. The minimum atomic E-state index is -0.790. The molecule has 73 heavy (non-hydrogen) atoms. The molecule has 0 aliphatic rings. The summed E-state index contributed by atoms with van der Waals surface area (Å²) in [5, 5.41) is 0. The summed E-state index contributed by atoms with van der Waals surface area (Å²) >= 11 is 0. The number of carbonyl (C=O) groups is 3. The van der Waals surface area contributed by atoms with Crippen molar-refractivity contribution in [1.29, 1.82) is 0 Å². The molecule has 0 aliphatic carbocycles. The maximum Gasteiger partial charge on any atom is 0.306 e. The molecule has 0 fully saturated rings. The molecule has 0 aromatic heterocycles. The van der Waals surface area contributed by atoms with E-state index in [1.54, 1.807) is 0 Å². The van der Waals surface area contributed by atoms with Gasteiger partial charge >= 0.3 is 17.9 Å². The van der Waals surface area contributed by atoms with E-state index in [0.29, 0.717) is 19.3 Å². The summed E-state index contributed by atoms with van der Waals surface area (Å²) in [7, 11) is 0. The molecular formula is C67H122O6. The van der Waals surface area contributed by atoms with E-state index in [4.69, 9.17) is 14.2 Å². The van der Waals surface area contributed by atoms with Gasteiger partial charge in [0, 0.05) is 19.3 Å². The molecule has 0 saturated heterocycles. The summed E-state index contributed by atoms with van der Waals surface area (Å²) in [5.74, 6) is -0.907. The average molecular weight is 1020 g/mol. The smallest absolute Gasteiger partial charge is 0.306 e. The Labute approximate surface area is 454 Å². The van der Waals surface area contributed by atoms with Gasteiger partial charge in [-0.05, 0) is 77.0 Å². The minimum absolute atomic E-state index is 0.0846. The van der Waals surface area contributed by atoms with E-state index in [1.165, 1.54) is 212 Å². The first-order valence-corrected chi connectivity index (χ1v) is 32.1. The zero-order valence-corrected chi connectivity index (χ0v) is 48.9. The summed E-state index contributed by atoms with van der Waals surface area (Å²) < 4.78 is 16.9. The van der Waals surface area contributed by atoms with Gasteiger partial charge < -0.3 is 14.2 Å².